The molecule has 0 saturated carbocycles. The van der Waals surface area contributed by atoms with Crippen LogP contribution in [-0.2, 0) is 10.0 Å². The van der Waals surface area contributed by atoms with E-state index in [1.54, 1.807) is 49.4 Å². The predicted molar refractivity (Wildman–Crippen MR) is 166 cm³/mol. The van der Waals surface area contributed by atoms with Crippen molar-refractivity contribution in [3.05, 3.63) is 66.2 Å². The molecule has 3 N–H and O–H groups in total. The van der Waals surface area contributed by atoms with Crippen molar-refractivity contribution in [3.63, 3.8) is 0 Å². The lowest BCUT2D eigenvalue weighted by molar-refractivity contribution is 0.0387. The first kappa shape index (κ1) is 31.9. The average molecular weight is 641 g/mol. The smallest absolute Gasteiger partial charge is 0.323 e. The van der Waals surface area contributed by atoms with E-state index in [1.165, 1.54) is 41.6 Å². The number of anilines is 2. The van der Waals surface area contributed by atoms with Gasteiger partial charge in [-0.2, -0.15) is 4.31 Å². The quantitative estimate of drug-likeness (QED) is 0.318. The number of fused-ring (bicyclic) bond motifs is 2. The standard InChI is InChI=1S/C31H36N4O9S/c1-19-15-35(20(2)17-36)30(37)25-13-21(32-31(38)33-22-6-12-27-28(14-22)43-18-42-27)5-11-26(25)44-29(19)16-34(3)45(39,40)24-9-7-23(41-4)8-10-24/h5-14,19-20,29,36H,15-18H2,1-4H3,(H2,32,33,38)/t19-,20-,29+/m1/s1. The summed E-state index contributed by atoms with van der Waals surface area (Å²) in [6.07, 6.45) is -0.656. The monoisotopic (exact) mass is 640 g/mol. The Morgan fingerprint density at radius 2 is 1.69 bits per heavy atom. The second-order valence-corrected chi connectivity index (χ2v) is 13.0. The van der Waals surface area contributed by atoms with Crippen LogP contribution in [0, 0.1) is 5.92 Å². The molecule has 13 nitrogen and oxygen atoms in total. The van der Waals surface area contributed by atoms with Gasteiger partial charge in [0.2, 0.25) is 16.8 Å². The number of rotatable bonds is 9. The highest BCUT2D eigenvalue weighted by atomic mass is 32.2. The molecule has 2 aliphatic heterocycles. The second kappa shape index (κ2) is 13.2. The molecule has 3 aromatic rings. The first-order chi connectivity index (χ1) is 21.5. The van der Waals surface area contributed by atoms with E-state index in [2.05, 4.69) is 10.6 Å². The van der Waals surface area contributed by atoms with E-state index >= 15 is 0 Å². The minimum atomic E-state index is -3.87. The highest BCUT2D eigenvalue weighted by Gasteiger charge is 2.35. The number of aliphatic hydroxyl groups excluding tert-OH is 1. The third kappa shape index (κ3) is 6.92. The second-order valence-electron chi connectivity index (χ2n) is 10.9. The summed E-state index contributed by atoms with van der Waals surface area (Å²) in [5.74, 6) is 1.16. The molecule has 0 aromatic heterocycles. The summed E-state index contributed by atoms with van der Waals surface area (Å²) in [5.41, 5.74) is 0.967. The fourth-order valence-electron chi connectivity index (χ4n) is 5.07. The Morgan fingerprint density at radius 1 is 1.04 bits per heavy atom. The molecule has 45 heavy (non-hydrogen) atoms. The Morgan fingerprint density at radius 3 is 2.36 bits per heavy atom. The van der Waals surface area contributed by atoms with Crippen LogP contribution >= 0.6 is 0 Å². The van der Waals surface area contributed by atoms with Crippen LogP contribution < -0.4 is 29.6 Å². The van der Waals surface area contributed by atoms with E-state index < -0.39 is 34.1 Å². The maximum Gasteiger partial charge on any atom is 0.323 e. The molecule has 240 valence electrons. The molecular formula is C31H36N4O9S. The summed E-state index contributed by atoms with van der Waals surface area (Å²) in [6, 6.07) is 14.7. The van der Waals surface area contributed by atoms with Gasteiger partial charge in [0.05, 0.1) is 36.8 Å². The Hall–Kier alpha value is -4.53. The van der Waals surface area contributed by atoms with E-state index in [0.29, 0.717) is 28.6 Å². The maximum atomic E-state index is 13.8. The highest BCUT2D eigenvalue weighted by Crippen LogP contribution is 2.35. The molecule has 2 aliphatic rings. The number of carbonyl (C=O) groups is 2. The number of likely N-dealkylation sites (N-methyl/N-ethyl adjacent to an activating group) is 1. The molecule has 3 amide bonds. The minimum Gasteiger partial charge on any atom is -0.497 e. The minimum absolute atomic E-state index is 0.0115. The molecule has 0 unspecified atom stereocenters. The zero-order valence-electron chi connectivity index (χ0n) is 25.3. The van der Waals surface area contributed by atoms with Gasteiger partial charge in [-0.15, -0.1) is 0 Å². The van der Waals surface area contributed by atoms with Gasteiger partial charge < -0.3 is 39.6 Å². The Balaban J connectivity index is 1.38. The van der Waals surface area contributed by atoms with E-state index in [0.717, 1.165) is 0 Å². The maximum absolute atomic E-state index is 13.8. The Labute approximate surface area is 261 Å². The molecule has 0 fully saturated rings. The number of methoxy groups -OCH3 is 1. The van der Waals surface area contributed by atoms with Crippen LogP contribution in [0.3, 0.4) is 0 Å². The van der Waals surface area contributed by atoms with Crippen LogP contribution in [0.5, 0.6) is 23.0 Å². The lowest BCUT2D eigenvalue weighted by atomic mass is 9.99. The molecule has 0 saturated heterocycles. The third-order valence-electron chi connectivity index (χ3n) is 7.76. The number of nitrogens with zero attached hydrogens (tertiary/aromatic N) is 2. The molecule has 2 heterocycles. The topological polar surface area (TPSA) is 156 Å². The fourth-order valence-corrected chi connectivity index (χ4v) is 6.25. The van der Waals surface area contributed by atoms with Crippen LogP contribution in [0.25, 0.3) is 0 Å². The number of hydrogen-bond acceptors (Lipinski definition) is 9. The summed E-state index contributed by atoms with van der Waals surface area (Å²) in [5, 5.41) is 15.4. The summed E-state index contributed by atoms with van der Waals surface area (Å²) in [7, 11) is -0.898. The van der Waals surface area contributed by atoms with Crippen LogP contribution in [0.15, 0.2) is 65.6 Å². The molecule has 0 radical (unpaired) electrons. The van der Waals surface area contributed by atoms with Crippen molar-refractivity contribution >= 4 is 33.3 Å². The van der Waals surface area contributed by atoms with E-state index in [1.807, 2.05) is 6.92 Å². The van der Waals surface area contributed by atoms with E-state index in [9.17, 15) is 23.1 Å². The van der Waals surface area contributed by atoms with Crippen LogP contribution in [-0.4, -0.2) is 87.5 Å². The van der Waals surface area contributed by atoms with Crippen molar-refractivity contribution in [3.8, 4) is 23.0 Å². The van der Waals surface area contributed by atoms with Crippen LogP contribution in [0.2, 0.25) is 0 Å². The molecule has 3 atom stereocenters. The molecule has 0 aliphatic carbocycles. The number of hydrogen-bond donors (Lipinski definition) is 3. The highest BCUT2D eigenvalue weighted by molar-refractivity contribution is 7.89. The summed E-state index contributed by atoms with van der Waals surface area (Å²) >= 11 is 0. The van der Waals surface area contributed by atoms with Crippen molar-refractivity contribution in [1.29, 1.82) is 0 Å². The Bertz CT molecular complexity index is 1670. The van der Waals surface area contributed by atoms with E-state index in [-0.39, 0.29) is 48.6 Å². The number of urea groups is 1. The van der Waals surface area contributed by atoms with Crippen molar-refractivity contribution in [2.24, 2.45) is 5.92 Å². The van der Waals surface area contributed by atoms with Gasteiger partial charge in [-0.25, -0.2) is 13.2 Å². The largest absolute Gasteiger partial charge is 0.497 e. The van der Waals surface area contributed by atoms with E-state index in [4.69, 9.17) is 18.9 Å². The van der Waals surface area contributed by atoms with Gasteiger partial charge in [0.1, 0.15) is 17.6 Å². The van der Waals surface area contributed by atoms with Gasteiger partial charge in [-0.1, -0.05) is 6.92 Å². The number of carbonyl (C=O) groups excluding carboxylic acids is 2. The molecule has 0 spiro atoms. The van der Waals surface area contributed by atoms with Crippen LogP contribution in [0.4, 0.5) is 16.2 Å². The van der Waals surface area contributed by atoms with Crippen molar-refractivity contribution < 1.29 is 42.1 Å². The van der Waals surface area contributed by atoms with Gasteiger partial charge in [-0.3, -0.25) is 4.79 Å². The lowest BCUT2D eigenvalue weighted by Crippen LogP contribution is -2.50. The zero-order valence-corrected chi connectivity index (χ0v) is 26.2. The fraction of sp³-hybridized carbons (Fsp3) is 0.355. The number of nitrogens with one attached hydrogen (secondary N) is 2. The summed E-state index contributed by atoms with van der Waals surface area (Å²) in [6.45, 7) is 3.61. The number of sulfonamides is 1. The third-order valence-corrected chi connectivity index (χ3v) is 9.60. The van der Waals surface area contributed by atoms with Crippen molar-refractivity contribution in [2.75, 3.05) is 51.3 Å². The van der Waals surface area contributed by atoms with Crippen LogP contribution in [0.1, 0.15) is 24.2 Å². The van der Waals surface area contributed by atoms with Gasteiger partial charge in [-0.05, 0) is 61.5 Å². The lowest BCUT2D eigenvalue weighted by Gasteiger charge is -2.38. The summed E-state index contributed by atoms with van der Waals surface area (Å²) in [4.78, 5) is 28.2. The predicted octanol–water partition coefficient (Wildman–Crippen LogP) is 3.61. The average Bonchev–Trinajstić information content (AvgIpc) is 3.50. The van der Waals surface area contributed by atoms with Crippen molar-refractivity contribution in [1.82, 2.24) is 9.21 Å². The van der Waals surface area contributed by atoms with Gasteiger partial charge in [0.25, 0.3) is 5.91 Å². The normalized spacial score (nSPS) is 18.4. The number of ether oxygens (including phenoxy) is 4. The van der Waals surface area contributed by atoms with Gasteiger partial charge in [0, 0.05) is 37.0 Å². The number of amides is 3. The molecule has 14 heteroatoms. The first-order valence-corrected chi connectivity index (χ1v) is 15.7. The van der Waals surface area contributed by atoms with Crippen molar-refractivity contribution in [2.45, 2.75) is 30.9 Å². The molecule has 3 aromatic carbocycles. The first-order valence-electron chi connectivity index (χ1n) is 14.3. The number of aliphatic hydroxyl groups is 1. The summed E-state index contributed by atoms with van der Waals surface area (Å²) < 4.78 is 50.1. The van der Waals surface area contributed by atoms with Gasteiger partial charge >= 0.3 is 6.03 Å². The molecule has 0 bridgehead atoms. The zero-order chi connectivity index (χ0) is 32.3. The molecular weight excluding hydrogens is 604 g/mol. The number of benzene rings is 3. The van der Waals surface area contributed by atoms with Gasteiger partial charge in [0.15, 0.2) is 11.5 Å². The SMILES string of the molecule is COc1ccc(S(=O)(=O)N(C)C[C@@H]2Oc3ccc(NC(=O)Nc4ccc5c(c4)OCO5)cc3C(=O)N([C@H](C)CO)C[C@H]2C)cc1. The molecule has 5 rings (SSSR count). The Kier molecular flexibility index (Phi) is 9.37.